The second-order valence-corrected chi connectivity index (χ2v) is 5.81. The lowest BCUT2D eigenvalue weighted by Gasteiger charge is -2.05. The summed E-state index contributed by atoms with van der Waals surface area (Å²) in [6.45, 7) is 0. The maximum Gasteiger partial charge on any atom is 0.271 e. The topological polar surface area (TPSA) is 122 Å². The van der Waals surface area contributed by atoms with Crippen LogP contribution in [0.25, 0.3) is 22.6 Å². The van der Waals surface area contributed by atoms with E-state index in [1.165, 1.54) is 42.5 Å². The van der Waals surface area contributed by atoms with Crippen LogP contribution in [0.1, 0.15) is 0 Å². The Kier molecular flexibility index (Phi) is 4.17. The molecule has 0 fully saturated rings. The van der Waals surface area contributed by atoms with Crippen LogP contribution in [-0.2, 0) is 0 Å². The summed E-state index contributed by atoms with van der Waals surface area (Å²) in [6, 6.07) is 16.9. The Hall–Kier alpha value is -4.27. The van der Waals surface area contributed by atoms with Crippen molar-refractivity contribution < 1.29 is 19.0 Å². The molecule has 0 bridgehead atoms. The van der Waals surface area contributed by atoms with Gasteiger partial charge in [0.1, 0.15) is 17.0 Å². The Morgan fingerprint density at radius 3 is 1.96 bits per heavy atom. The average Bonchev–Trinajstić information content (AvgIpc) is 3.12. The van der Waals surface area contributed by atoms with Crippen LogP contribution >= 0.6 is 0 Å². The van der Waals surface area contributed by atoms with Gasteiger partial charge in [0, 0.05) is 29.8 Å². The Morgan fingerprint density at radius 2 is 1.36 bits per heavy atom. The molecule has 0 atom stereocenters. The van der Waals surface area contributed by atoms with Gasteiger partial charge in [0.25, 0.3) is 11.4 Å². The van der Waals surface area contributed by atoms with Crippen molar-refractivity contribution in [3.8, 4) is 23.0 Å². The number of rotatable bonds is 5. The van der Waals surface area contributed by atoms with E-state index in [0.29, 0.717) is 34.1 Å². The van der Waals surface area contributed by atoms with Gasteiger partial charge in [-0.15, -0.1) is 0 Å². The molecule has 0 unspecified atom stereocenters. The Labute approximate surface area is 157 Å². The molecule has 0 saturated carbocycles. The van der Waals surface area contributed by atoms with Crippen LogP contribution in [0.15, 0.2) is 71.1 Å². The Morgan fingerprint density at radius 1 is 0.786 bits per heavy atom. The largest absolute Gasteiger partial charge is 0.457 e. The minimum Gasteiger partial charge on any atom is -0.457 e. The molecule has 0 aliphatic heterocycles. The first-order valence-electron chi connectivity index (χ1n) is 8.07. The van der Waals surface area contributed by atoms with Crippen molar-refractivity contribution in [3.63, 3.8) is 0 Å². The smallest absolute Gasteiger partial charge is 0.271 e. The molecule has 9 nitrogen and oxygen atoms in total. The Bertz CT molecular complexity index is 1180. The SMILES string of the molecule is O=[N+]([O-])c1ccc(Oc2ccc(-c3nc4cc([N+](=O)[O-])ccc4o3)cc2)cc1. The fourth-order valence-electron chi connectivity index (χ4n) is 2.59. The van der Waals surface area contributed by atoms with Gasteiger partial charge in [-0.25, -0.2) is 4.98 Å². The third-order valence-corrected chi connectivity index (χ3v) is 3.97. The van der Waals surface area contributed by atoms with Gasteiger partial charge in [0.05, 0.1) is 9.85 Å². The normalized spacial score (nSPS) is 10.7. The predicted molar refractivity (Wildman–Crippen MR) is 99.3 cm³/mol. The van der Waals surface area contributed by atoms with Crippen molar-refractivity contribution in [1.29, 1.82) is 0 Å². The molecule has 1 heterocycles. The van der Waals surface area contributed by atoms with Crippen LogP contribution in [0, 0.1) is 20.2 Å². The summed E-state index contributed by atoms with van der Waals surface area (Å²) in [5, 5.41) is 21.5. The van der Waals surface area contributed by atoms with Gasteiger partial charge in [0.15, 0.2) is 5.58 Å². The van der Waals surface area contributed by atoms with Crippen molar-refractivity contribution in [1.82, 2.24) is 4.98 Å². The molecule has 0 N–H and O–H groups in total. The molecule has 3 aromatic carbocycles. The van der Waals surface area contributed by atoms with E-state index < -0.39 is 9.85 Å². The molecule has 138 valence electrons. The predicted octanol–water partition coefficient (Wildman–Crippen LogP) is 5.10. The molecule has 0 radical (unpaired) electrons. The second-order valence-electron chi connectivity index (χ2n) is 5.81. The van der Waals surface area contributed by atoms with Gasteiger partial charge in [-0.3, -0.25) is 20.2 Å². The highest BCUT2D eigenvalue weighted by atomic mass is 16.6. The quantitative estimate of drug-likeness (QED) is 0.350. The number of hydrogen-bond donors (Lipinski definition) is 0. The zero-order chi connectivity index (χ0) is 19.7. The highest BCUT2D eigenvalue weighted by Crippen LogP contribution is 2.29. The number of oxazole rings is 1. The molecule has 0 amide bonds. The summed E-state index contributed by atoms with van der Waals surface area (Å²) in [6.07, 6.45) is 0. The minimum absolute atomic E-state index is 0.0149. The van der Waals surface area contributed by atoms with E-state index in [4.69, 9.17) is 9.15 Å². The van der Waals surface area contributed by atoms with Crippen molar-refractivity contribution in [2.45, 2.75) is 0 Å². The maximum absolute atomic E-state index is 10.9. The van der Waals surface area contributed by atoms with E-state index in [9.17, 15) is 20.2 Å². The van der Waals surface area contributed by atoms with E-state index in [-0.39, 0.29) is 11.4 Å². The standard InChI is InChI=1S/C19H11N3O6/c23-21(24)13-3-8-16(9-4-13)27-15-6-1-12(2-7-15)19-20-17-11-14(22(25)26)5-10-18(17)28-19/h1-11H. The monoisotopic (exact) mass is 377 g/mol. The third kappa shape index (κ3) is 3.36. The summed E-state index contributed by atoms with van der Waals surface area (Å²) in [5.74, 6) is 1.33. The lowest BCUT2D eigenvalue weighted by molar-refractivity contribution is -0.385. The van der Waals surface area contributed by atoms with Crippen molar-refractivity contribution in [3.05, 3.63) is 87.0 Å². The number of hydrogen-bond acceptors (Lipinski definition) is 7. The van der Waals surface area contributed by atoms with Crippen LogP contribution < -0.4 is 4.74 Å². The lowest BCUT2D eigenvalue weighted by atomic mass is 10.2. The summed E-state index contributed by atoms with van der Waals surface area (Å²) in [7, 11) is 0. The highest BCUT2D eigenvalue weighted by Gasteiger charge is 2.13. The van der Waals surface area contributed by atoms with Gasteiger partial charge >= 0.3 is 0 Å². The number of aromatic nitrogens is 1. The molecule has 4 aromatic rings. The lowest BCUT2D eigenvalue weighted by Crippen LogP contribution is -1.88. The van der Waals surface area contributed by atoms with Crippen molar-refractivity contribution in [2.24, 2.45) is 0 Å². The number of nitrogens with zero attached hydrogens (tertiary/aromatic N) is 3. The van der Waals surface area contributed by atoms with Crippen molar-refractivity contribution >= 4 is 22.5 Å². The first-order chi connectivity index (χ1) is 13.5. The summed E-state index contributed by atoms with van der Waals surface area (Å²) < 4.78 is 11.3. The van der Waals surface area contributed by atoms with E-state index in [1.54, 1.807) is 24.3 Å². The number of nitro groups is 2. The first-order valence-corrected chi connectivity index (χ1v) is 8.07. The van der Waals surface area contributed by atoms with Crippen LogP contribution in [0.3, 0.4) is 0 Å². The summed E-state index contributed by atoms with van der Waals surface area (Å²) in [4.78, 5) is 24.9. The van der Waals surface area contributed by atoms with Gasteiger partial charge in [0.2, 0.25) is 5.89 Å². The number of benzene rings is 3. The molecule has 1 aromatic heterocycles. The van der Waals surface area contributed by atoms with Gasteiger partial charge in [-0.05, 0) is 42.5 Å². The molecule has 9 heteroatoms. The van der Waals surface area contributed by atoms with Crippen LogP contribution in [-0.4, -0.2) is 14.8 Å². The molecule has 4 rings (SSSR count). The maximum atomic E-state index is 10.9. The van der Waals surface area contributed by atoms with Gasteiger partial charge < -0.3 is 9.15 Å². The molecule has 28 heavy (non-hydrogen) atoms. The van der Waals surface area contributed by atoms with Crippen LogP contribution in [0.5, 0.6) is 11.5 Å². The summed E-state index contributed by atoms with van der Waals surface area (Å²) >= 11 is 0. The zero-order valence-electron chi connectivity index (χ0n) is 14.1. The van der Waals surface area contributed by atoms with E-state index in [2.05, 4.69) is 4.98 Å². The molecule has 0 spiro atoms. The van der Waals surface area contributed by atoms with Gasteiger partial charge in [-0.2, -0.15) is 0 Å². The van der Waals surface area contributed by atoms with Crippen molar-refractivity contribution in [2.75, 3.05) is 0 Å². The average molecular weight is 377 g/mol. The molecular formula is C19H11N3O6. The number of non-ortho nitro benzene ring substituents is 2. The number of fused-ring (bicyclic) bond motifs is 1. The molecule has 0 aliphatic rings. The highest BCUT2D eigenvalue weighted by molar-refractivity contribution is 5.78. The summed E-state index contributed by atoms with van der Waals surface area (Å²) in [5.41, 5.74) is 1.45. The second kappa shape index (κ2) is 6.80. The zero-order valence-corrected chi connectivity index (χ0v) is 14.1. The molecular weight excluding hydrogens is 366 g/mol. The van der Waals surface area contributed by atoms with E-state index in [0.717, 1.165) is 0 Å². The molecule has 0 aliphatic carbocycles. The van der Waals surface area contributed by atoms with Gasteiger partial charge in [-0.1, -0.05) is 0 Å². The fraction of sp³-hybridized carbons (Fsp3) is 0. The van der Waals surface area contributed by atoms with E-state index >= 15 is 0 Å². The van der Waals surface area contributed by atoms with E-state index in [1.807, 2.05) is 0 Å². The number of nitro benzene ring substituents is 2. The van der Waals surface area contributed by atoms with Crippen LogP contribution in [0.2, 0.25) is 0 Å². The minimum atomic E-state index is -0.488. The third-order valence-electron chi connectivity index (χ3n) is 3.97. The Balaban J connectivity index is 1.55. The fourth-order valence-corrected chi connectivity index (χ4v) is 2.59. The first kappa shape index (κ1) is 17.2. The molecule has 0 saturated heterocycles. The van der Waals surface area contributed by atoms with Crippen LogP contribution in [0.4, 0.5) is 11.4 Å². The number of ether oxygens (including phenoxy) is 1.